The molecule has 0 saturated heterocycles. The molecule has 2 heterocycles. The average molecular weight is 398 g/mol. The number of thiophene rings is 1. The molecule has 0 aliphatic heterocycles. The lowest BCUT2D eigenvalue weighted by atomic mass is 10.2. The molecule has 3 rings (SSSR count). The van der Waals surface area contributed by atoms with E-state index in [4.69, 9.17) is 4.74 Å². The molecular weight excluding hydrogens is 374 g/mol. The lowest BCUT2D eigenvalue weighted by Crippen LogP contribution is -2.17. The molecule has 1 N–H and O–H groups in total. The summed E-state index contributed by atoms with van der Waals surface area (Å²) in [5.41, 5.74) is 3.30. The second kappa shape index (κ2) is 8.39. The van der Waals surface area contributed by atoms with Crippen LogP contribution in [0, 0.1) is 13.8 Å². The highest BCUT2D eigenvalue weighted by molar-refractivity contribution is 7.16. The summed E-state index contributed by atoms with van der Waals surface area (Å²) >= 11 is 1.43. The second-order valence-corrected chi connectivity index (χ2v) is 7.51. The van der Waals surface area contributed by atoms with Gasteiger partial charge in [-0.1, -0.05) is 24.6 Å². The van der Waals surface area contributed by atoms with Gasteiger partial charge in [0.25, 0.3) is 5.56 Å². The Bertz CT molecular complexity index is 1070. The number of hydrogen-bond acceptors (Lipinski definition) is 5. The van der Waals surface area contributed by atoms with Crippen LogP contribution in [-0.4, -0.2) is 28.6 Å². The van der Waals surface area contributed by atoms with Crippen molar-refractivity contribution in [2.24, 2.45) is 4.99 Å². The van der Waals surface area contributed by atoms with Crippen molar-refractivity contribution in [3.05, 3.63) is 67.9 Å². The molecule has 28 heavy (non-hydrogen) atoms. The SMILES string of the molecule is CCOC(=O)c1cc(CC)sc1/N=C/c1c(C)[nH]n(-c2ccc(C)cc2)c1=O. The van der Waals surface area contributed by atoms with Gasteiger partial charge in [0.1, 0.15) is 5.00 Å². The van der Waals surface area contributed by atoms with Crippen LogP contribution in [0.4, 0.5) is 5.00 Å². The standard InChI is InChI=1S/C21H23N3O3S/c1-5-16-11-17(21(26)27-6-2)19(28-16)22-12-18-14(4)23-24(20(18)25)15-9-7-13(3)8-10-15/h7-12,23H,5-6H2,1-4H3/b22-12+. The summed E-state index contributed by atoms with van der Waals surface area (Å²) in [7, 11) is 0. The zero-order valence-electron chi connectivity index (χ0n) is 16.4. The number of carbonyl (C=O) groups is 1. The third kappa shape index (κ3) is 3.99. The number of aliphatic imine (C=N–C) groups is 1. The fraction of sp³-hybridized carbons (Fsp3) is 0.286. The minimum atomic E-state index is -0.395. The van der Waals surface area contributed by atoms with Gasteiger partial charge in [-0.2, -0.15) is 0 Å². The zero-order chi connectivity index (χ0) is 20.3. The highest BCUT2D eigenvalue weighted by Crippen LogP contribution is 2.32. The molecule has 146 valence electrons. The van der Waals surface area contributed by atoms with Crippen molar-refractivity contribution in [3.63, 3.8) is 0 Å². The van der Waals surface area contributed by atoms with Crippen molar-refractivity contribution in [3.8, 4) is 5.69 Å². The molecule has 0 radical (unpaired) electrons. The molecular formula is C21H23N3O3S. The Morgan fingerprint density at radius 3 is 2.61 bits per heavy atom. The molecule has 0 bridgehead atoms. The van der Waals surface area contributed by atoms with Crippen LogP contribution in [0.15, 0.2) is 40.1 Å². The number of aryl methyl sites for hydroxylation is 3. The van der Waals surface area contributed by atoms with Crippen molar-refractivity contribution in [1.82, 2.24) is 9.78 Å². The van der Waals surface area contributed by atoms with Gasteiger partial charge in [0.2, 0.25) is 0 Å². The molecule has 0 amide bonds. The number of ether oxygens (including phenoxy) is 1. The van der Waals surface area contributed by atoms with Crippen LogP contribution < -0.4 is 5.56 Å². The quantitative estimate of drug-likeness (QED) is 0.497. The number of aromatic nitrogens is 2. The molecule has 0 aliphatic carbocycles. The highest BCUT2D eigenvalue weighted by Gasteiger charge is 2.17. The number of esters is 1. The van der Waals surface area contributed by atoms with E-state index in [-0.39, 0.29) is 5.56 Å². The molecule has 0 fully saturated rings. The monoisotopic (exact) mass is 397 g/mol. The highest BCUT2D eigenvalue weighted by atomic mass is 32.1. The van der Waals surface area contributed by atoms with E-state index in [2.05, 4.69) is 10.1 Å². The third-order valence-corrected chi connectivity index (χ3v) is 5.51. The summed E-state index contributed by atoms with van der Waals surface area (Å²) in [5.74, 6) is -0.395. The first kappa shape index (κ1) is 19.8. The lowest BCUT2D eigenvalue weighted by molar-refractivity contribution is 0.0528. The summed E-state index contributed by atoms with van der Waals surface area (Å²) < 4.78 is 6.61. The molecule has 7 heteroatoms. The van der Waals surface area contributed by atoms with Crippen molar-refractivity contribution in [2.75, 3.05) is 6.61 Å². The maximum absolute atomic E-state index is 12.8. The lowest BCUT2D eigenvalue weighted by Gasteiger charge is -2.01. The summed E-state index contributed by atoms with van der Waals surface area (Å²) in [6, 6.07) is 9.49. The summed E-state index contributed by atoms with van der Waals surface area (Å²) in [6.45, 7) is 7.91. The van der Waals surface area contributed by atoms with Gasteiger partial charge in [0.15, 0.2) is 0 Å². The molecule has 0 aliphatic rings. The molecule has 0 saturated carbocycles. The third-order valence-electron chi connectivity index (χ3n) is 4.33. The van der Waals surface area contributed by atoms with E-state index >= 15 is 0 Å². The van der Waals surface area contributed by atoms with Crippen LogP contribution in [0.25, 0.3) is 5.69 Å². The van der Waals surface area contributed by atoms with Crippen LogP contribution in [0.5, 0.6) is 0 Å². The summed E-state index contributed by atoms with van der Waals surface area (Å²) in [5, 5.41) is 3.64. The molecule has 3 aromatic rings. The van der Waals surface area contributed by atoms with Crippen molar-refractivity contribution < 1.29 is 9.53 Å². The Morgan fingerprint density at radius 2 is 1.96 bits per heavy atom. The normalized spacial score (nSPS) is 11.3. The van der Waals surface area contributed by atoms with Crippen LogP contribution in [0.2, 0.25) is 0 Å². The molecule has 0 spiro atoms. The van der Waals surface area contributed by atoms with E-state index in [1.165, 1.54) is 22.2 Å². The maximum atomic E-state index is 12.8. The molecule has 2 aromatic heterocycles. The summed E-state index contributed by atoms with van der Waals surface area (Å²) in [6.07, 6.45) is 2.32. The van der Waals surface area contributed by atoms with E-state index < -0.39 is 5.97 Å². The Balaban J connectivity index is 1.97. The number of aromatic amines is 1. The fourth-order valence-corrected chi connectivity index (χ4v) is 3.69. The molecule has 6 nitrogen and oxygen atoms in total. The molecule has 1 aromatic carbocycles. The van der Waals surface area contributed by atoms with E-state index in [1.54, 1.807) is 6.92 Å². The largest absolute Gasteiger partial charge is 0.462 e. The van der Waals surface area contributed by atoms with Gasteiger partial charge in [0, 0.05) is 16.8 Å². The Labute approximate surface area is 167 Å². The number of nitrogens with zero attached hydrogens (tertiary/aromatic N) is 2. The van der Waals surface area contributed by atoms with Crippen molar-refractivity contribution in [1.29, 1.82) is 0 Å². The maximum Gasteiger partial charge on any atom is 0.341 e. The number of rotatable bonds is 6. The number of hydrogen-bond donors (Lipinski definition) is 1. The number of benzene rings is 1. The number of carbonyl (C=O) groups excluding carboxylic acids is 1. The van der Waals surface area contributed by atoms with Gasteiger partial charge in [-0.3, -0.25) is 9.89 Å². The van der Waals surface area contributed by atoms with E-state index in [0.29, 0.717) is 28.4 Å². The van der Waals surface area contributed by atoms with Gasteiger partial charge < -0.3 is 4.74 Å². The van der Waals surface area contributed by atoms with Gasteiger partial charge in [-0.05, 0) is 45.4 Å². The summed E-state index contributed by atoms with van der Waals surface area (Å²) in [4.78, 5) is 30.5. The smallest absolute Gasteiger partial charge is 0.341 e. The Hall–Kier alpha value is -2.93. The van der Waals surface area contributed by atoms with E-state index in [1.807, 2.05) is 51.1 Å². The van der Waals surface area contributed by atoms with Gasteiger partial charge in [0.05, 0.1) is 23.4 Å². The van der Waals surface area contributed by atoms with Crippen molar-refractivity contribution >= 4 is 28.5 Å². The predicted molar refractivity (Wildman–Crippen MR) is 113 cm³/mol. The van der Waals surface area contributed by atoms with E-state index in [9.17, 15) is 9.59 Å². The second-order valence-electron chi connectivity index (χ2n) is 6.39. The topological polar surface area (TPSA) is 76.4 Å². The molecule has 0 atom stereocenters. The molecule has 0 unspecified atom stereocenters. The Kier molecular flexibility index (Phi) is 5.94. The minimum absolute atomic E-state index is 0.185. The number of nitrogens with one attached hydrogen (secondary N) is 1. The fourth-order valence-electron chi connectivity index (χ4n) is 2.77. The van der Waals surface area contributed by atoms with Crippen LogP contribution in [-0.2, 0) is 11.2 Å². The van der Waals surface area contributed by atoms with Crippen LogP contribution in [0.1, 0.15) is 45.9 Å². The first-order valence-electron chi connectivity index (χ1n) is 9.17. The van der Waals surface area contributed by atoms with Crippen LogP contribution >= 0.6 is 11.3 Å². The Morgan fingerprint density at radius 1 is 1.25 bits per heavy atom. The van der Waals surface area contributed by atoms with Crippen LogP contribution in [0.3, 0.4) is 0 Å². The van der Waals surface area contributed by atoms with E-state index in [0.717, 1.165) is 22.5 Å². The van der Waals surface area contributed by atoms with Gasteiger partial charge in [-0.25, -0.2) is 14.5 Å². The van der Waals surface area contributed by atoms with Gasteiger partial charge >= 0.3 is 5.97 Å². The van der Waals surface area contributed by atoms with Gasteiger partial charge in [-0.15, -0.1) is 11.3 Å². The minimum Gasteiger partial charge on any atom is -0.462 e. The zero-order valence-corrected chi connectivity index (χ0v) is 17.2. The first-order chi connectivity index (χ1) is 13.4. The number of H-pyrrole nitrogens is 1. The van der Waals surface area contributed by atoms with Crippen molar-refractivity contribution in [2.45, 2.75) is 34.1 Å². The predicted octanol–water partition coefficient (Wildman–Crippen LogP) is 4.33. The average Bonchev–Trinajstić information content (AvgIpc) is 3.22. The first-order valence-corrected chi connectivity index (χ1v) is 9.98.